The van der Waals surface area contributed by atoms with Crippen LogP contribution in [0.1, 0.15) is 73.1 Å². The van der Waals surface area contributed by atoms with Gasteiger partial charge in [0, 0.05) is 17.3 Å². The number of hydrogen-bond donors (Lipinski definition) is 3. The molecule has 0 fully saturated rings. The Morgan fingerprint density at radius 3 is 2.70 bits per heavy atom. The van der Waals surface area contributed by atoms with E-state index in [-0.39, 0.29) is 5.09 Å². The molecule has 7 nitrogen and oxygen atoms in total. The zero-order valence-electron chi connectivity index (χ0n) is 17.9. The third-order valence-electron chi connectivity index (χ3n) is 6.16. The van der Waals surface area contributed by atoms with Gasteiger partial charge in [-0.25, -0.2) is 14.1 Å². The molecule has 1 heterocycles. The van der Waals surface area contributed by atoms with Gasteiger partial charge in [-0.15, -0.1) is 4.36 Å². The minimum Gasteiger partial charge on any atom is -0.450 e. The summed E-state index contributed by atoms with van der Waals surface area (Å²) in [4.78, 5) is 12.8. The third kappa shape index (κ3) is 3.68. The van der Waals surface area contributed by atoms with Gasteiger partial charge >= 0.3 is 6.03 Å². The van der Waals surface area contributed by atoms with Crippen LogP contribution < -0.4 is 10.5 Å². The second-order valence-corrected chi connectivity index (χ2v) is 10.7. The maximum atomic E-state index is 13.0. The van der Waals surface area contributed by atoms with E-state index in [1.165, 1.54) is 22.8 Å². The molecule has 2 aliphatic rings. The summed E-state index contributed by atoms with van der Waals surface area (Å²) in [5.41, 5.74) is 4.98. The third-order valence-corrected chi connectivity index (χ3v) is 7.37. The molecule has 1 unspecified atom stereocenters. The molecule has 2 aliphatic carbocycles. The average molecular weight is 432 g/mol. The molecule has 1 aromatic carbocycles. The molecule has 162 valence electrons. The van der Waals surface area contributed by atoms with Gasteiger partial charge in [-0.1, -0.05) is 13.0 Å². The Balaban J connectivity index is 1.69. The molecule has 4 rings (SSSR count). The van der Waals surface area contributed by atoms with Gasteiger partial charge in [-0.2, -0.15) is 0 Å². The molecule has 0 aliphatic heterocycles. The van der Waals surface area contributed by atoms with E-state index in [2.05, 4.69) is 22.7 Å². The van der Waals surface area contributed by atoms with Crippen LogP contribution in [0.5, 0.6) is 0 Å². The van der Waals surface area contributed by atoms with Gasteiger partial charge < -0.3 is 14.8 Å². The van der Waals surface area contributed by atoms with Crippen LogP contribution in [0.3, 0.4) is 0 Å². The first-order valence-electron chi connectivity index (χ1n) is 10.3. The summed E-state index contributed by atoms with van der Waals surface area (Å²) in [5, 5.41) is 18.9. The molecule has 2 amide bonds. The molecule has 2 atom stereocenters. The monoisotopic (exact) mass is 431 g/mol. The van der Waals surface area contributed by atoms with Crippen LogP contribution in [0.4, 0.5) is 10.5 Å². The zero-order valence-corrected chi connectivity index (χ0v) is 18.7. The SMILES string of the molecule is Cc1oc([S@@](N)(=O)=NC(=O)Nc2c3c(cc4c2C(C)CC4)CCC3)cc1C(C)(C)O. The summed E-state index contributed by atoms with van der Waals surface area (Å²) in [6, 6.07) is 2.95. The number of anilines is 1. The minimum absolute atomic E-state index is 0.121. The number of furan rings is 1. The Labute approximate surface area is 177 Å². The number of nitrogens with zero attached hydrogens (tertiary/aromatic N) is 1. The molecule has 0 radical (unpaired) electrons. The summed E-state index contributed by atoms with van der Waals surface area (Å²) in [6.07, 6.45) is 5.04. The summed E-state index contributed by atoms with van der Waals surface area (Å²) in [6.45, 7) is 6.99. The predicted octanol–water partition coefficient (Wildman–Crippen LogP) is 4.29. The standard InChI is InChI=1S/C22H29N3O4S/c1-12-8-9-15-10-14-6-5-7-16(14)20(19(12)15)24-21(26)25-30(23,28)18-11-17(13(2)29-18)22(3,4)27/h10-12,27H,5-9H2,1-4H3,(H3,23,24,25,26,28)/t12?,30-/m0/s1. The smallest absolute Gasteiger partial charge is 0.354 e. The van der Waals surface area contributed by atoms with Crippen LogP contribution in [-0.2, 0) is 34.8 Å². The fourth-order valence-electron chi connectivity index (χ4n) is 4.76. The molecule has 30 heavy (non-hydrogen) atoms. The van der Waals surface area contributed by atoms with Crippen molar-refractivity contribution in [1.82, 2.24) is 0 Å². The first kappa shape index (κ1) is 21.1. The number of hydrogen-bond acceptors (Lipinski definition) is 4. The van der Waals surface area contributed by atoms with Crippen molar-refractivity contribution >= 4 is 21.6 Å². The summed E-state index contributed by atoms with van der Waals surface area (Å²) in [7, 11) is -3.60. The average Bonchev–Trinajstić information content (AvgIpc) is 3.32. The first-order valence-corrected chi connectivity index (χ1v) is 11.9. The highest BCUT2D eigenvalue weighted by atomic mass is 32.2. The molecule has 0 saturated heterocycles. The molecule has 0 spiro atoms. The van der Waals surface area contributed by atoms with Crippen molar-refractivity contribution in [3.05, 3.63) is 45.7 Å². The van der Waals surface area contributed by atoms with Gasteiger partial charge in [-0.05, 0) is 81.0 Å². The van der Waals surface area contributed by atoms with Crippen molar-refractivity contribution in [3.63, 3.8) is 0 Å². The van der Waals surface area contributed by atoms with Crippen molar-refractivity contribution < 1.29 is 18.5 Å². The quantitative estimate of drug-likeness (QED) is 0.672. The number of benzene rings is 1. The highest BCUT2D eigenvalue weighted by Crippen LogP contribution is 2.44. The van der Waals surface area contributed by atoms with Crippen molar-refractivity contribution in [2.24, 2.45) is 9.50 Å². The zero-order chi connectivity index (χ0) is 21.8. The van der Waals surface area contributed by atoms with Crippen LogP contribution in [0.15, 0.2) is 26.0 Å². The van der Waals surface area contributed by atoms with E-state index < -0.39 is 21.5 Å². The second-order valence-electron chi connectivity index (χ2n) is 8.94. The van der Waals surface area contributed by atoms with Gasteiger partial charge in [0.2, 0.25) is 5.09 Å². The number of carbonyl (C=O) groups is 1. The van der Waals surface area contributed by atoms with Crippen molar-refractivity contribution in [2.45, 2.75) is 76.4 Å². The highest BCUT2D eigenvalue weighted by molar-refractivity contribution is 7.91. The fourth-order valence-corrected chi connectivity index (χ4v) is 5.67. The maximum absolute atomic E-state index is 13.0. The van der Waals surface area contributed by atoms with Crippen molar-refractivity contribution in [3.8, 4) is 0 Å². The van der Waals surface area contributed by atoms with E-state index in [1.807, 2.05) is 0 Å². The molecule has 0 saturated carbocycles. The van der Waals surface area contributed by atoms with Crippen molar-refractivity contribution in [2.75, 3.05) is 5.32 Å². The molecule has 8 heteroatoms. The summed E-state index contributed by atoms with van der Waals surface area (Å²) < 4.78 is 22.2. The fraction of sp³-hybridized carbons (Fsp3) is 0.500. The number of carbonyl (C=O) groups excluding carboxylic acids is 1. The van der Waals surface area contributed by atoms with Crippen LogP contribution in [0.2, 0.25) is 0 Å². The van der Waals surface area contributed by atoms with E-state index in [1.54, 1.807) is 20.8 Å². The Morgan fingerprint density at radius 2 is 2.03 bits per heavy atom. The maximum Gasteiger partial charge on any atom is 0.354 e. The van der Waals surface area contributed by atoms with Gasteiger partial charge in [0.1, 0.15) is 5.76 Å². The summed E-state index contributed by atoms with van der Waals surface area (Å²) >= 11 is 0. The van der Waals surface area contributed by atoms with E-state index in [0.29, 0.717) is 17.2 Å². The Bertz CT molecular complexity index is 1150. The first-order chi connectivity index (χ1) is 14.0. The van der Waals surface area contributed by atoms with Gasteiger partial charge in [0.15, 0.2) is 9.92 Å². The Kier molecular flexibility index (Phi) is 5.07. The van der Waals surface area contributed by atoms with Gasteiger partial charge in [-0.3, -0.25) is 0 Å². The molecular formula is C22H29N3O4S. The normalized spacial score (nSPS) is 19.9. The molecule has 2 aromatic rings. The number of urea groups is 1. The molecule has 4 N–H and O–H groups in total. The number of nitrogens with two attached hydrogens (primary N) is 1. The lowest BCUT2D eigenvalue weighted by Gasteiger charge is -2.17. The highest BCUT2D eigenvalue weighted by Gasteiger charge is 2.30. The number of amides is 2. The Morgan fingerprint density at radius 1 is 1.30 bits per heavy atom. The van der Waals surface area contributed by atoms with E-state index >= 15 is 0 Å². The van der Waals surface area contributed by atoms with Crippen LogP contribution >= 0.6 is 0 Å². The summed E-state index contributed by atoms with van der Waals surface area (Å²) in [5.74, 6) is 0.740. The van der Waals surface area contributed by atoms with Gasteiger partial charge in [0.25, 0.3) is 0 Å². The predicted molar refractivity (Wildman–Crippen MR) is 116 cm³/mol. The Hall–Kier alpha value is -2.16. The van der Waals surface area contributed by atoms with E-state index in [0.717, 1.165) is 43.4 Å². The second kappa shape index (κ2) is 7.21. The molecule has 1 aromatic heterocycles. The minimum atomic E-state index is -3.60. The van der Waals surface area contributed by atoms with Crippen LogP contribution in [0.25, 0.3) is 0 Å². The number of aliphatic hydroxyl groups is 1. The lowest BCUT2D eigenvalue weighted by Crippen LogP contribution is -2.19. The van der Waals surface area contributed by atoms with Gasteiger partial charge in [0.05, 0.1) is 5.60 Å². The van der Waals surface area contributed by atoms with E-state index in [4.69, 9.17) is 9.56 Å². The number of nitrogens with one attached hydrogen (secondary N) is 1. The van der Waals surface area contributed by atoms with Crippen LogP contribution in [0, 0.1) is 6.92 Å². The largest absolute Gasteiger partial charge is 0.450 e. The topological polar surface area (TPSA) is 118 Å². The molecule has 0 bridgehead atoms. The molecular weight excluding hydrogens is 402 g/mol. The number of aryl methyl sites for hydroxylation is 3. The van der Waals surface area contributed by atoms with Crippen molar-refractivity contribution in [1.29, 1.82) is 0 Å². The van der Waals surface area contributed by atoms with E-state index in [9.17, 15) is 14.1 Å². The lowest BCUT2D eigenvalue weighted by molar-refractivity contribution is 0.0769. The number of rotatable bonds is 3. The number of fused-ring (bicyclic) bond motifs is 2. The van der Waals surface area contributed by atoms with Crippen LogP contribution in [-0.4, -0.2) is 15.3 Å². The lowest BCUT2D eigenvalue weighted by atomic mass is 9.95.